The summed E-state index contributed by atoms with van der Waals surface area (Å²) in [4.78, 5) is 16.6. The van der Waals surface area contributed by atoms with Crippen LogP contribution in [-0.4, -0.2) is 71.7 Å². The molecule has 1 aliphatic heterocycles. The molecule has 1 atom stereocenters. The van der Waals surface area contributed by atoms with E-state index in [1.165, 1.54) is 0 Å². The fraction of sp³-hybridized carbons (Fsp3) is 0.938. The molecule has 5 heteroatoms. The highest BCUT2D eigenvalue weighted by Crippen LogP contribution is 2.20. The summed E-state index contributed by atoms with van der Waals surface area (Å²) in [6.45, 7) is 14.8. The highest BCUT2D eigenvalue weighted by Gasteiger charge is 2.36. The molecule has 0 spiro atoms. The Hall–Kier alpha value is -0.650. The van der Waals surface area contributed by atoms with Gasteiger partial charge in [-0.3, -0.25) is 10.1 Å². The average Bonchev–Trinajstić information content (AvgIpc) is 2.46. The van der Waals surface area contributed by atoms with Gasteiger partial charge in [0.15, 0.2) is 0 Å². The average molecular weight is 299 g/mol. The molecule has 0 aliphatic carbocycles. The molecule has 124 valence electrons. The second-order valence-electron chi connectivity index (χ2n) is 6.42. The molecular weight excluding hydrogens is 266 g/mol. The van der Waals surface area contributed by atoms with Crippen molar-refractivity contribution < 1.29 is 9.90 Å². The van der Waals surface area contributed by atoms with Crippen molar-refractivity contribution in [3.05, 3.63) is 0 Å². The van der Waals surface area contributed by atoms with Crippen LogP contribution in [0.15, 0.2) is 0 Å². The number of likely N-dealkylation sites (N-methyl/N-ethyl adjacent to an activating group) is 1. The molecule has 1 heterocycles. The Morgan fingerprint density at radius 2 is 1.76 bits per heavy atom. The molecular formula is C16H33N3O2. The Morgan fingerprint density at radius 1 is 1.19 bits per heavy atom. The second-order valence-corrected chi connectivity index (χ2v) is 6.42. The maximum Gasteiger partial charge on any atom is 0.323 e. The predicted molar refractivity (Wildman–Crippen MR) is 86.7 cm³/mol. The maximum atomic E-state index is 11.7. The molecule has 0 amide bonds. The number of carbonyl (C=O) groups is 1. The molecule has 5 nitrogen and oxygen atoms in total. The molecule has 1 rings (SSSR count). The number of carboxylic acids is 1. The van der Waals surface area contributed by atoms with Crippen LogP contribution in [0.5, 0.6) is 0 Å². The van der Waals surface area contributed by atoms with Gasteiger partial charge in [-0.15, -0.1) is 0 Å². The van der Waals surface area contributed by atoms with E-state index in [4.69, 9.17) is 0 Å². The lowest BCUT2D eigenvalue weighted by atomic mass is 9.89. The van der Waals surface area contributed by atoms with E-state index in [1.54, 1.807) is 0 Å². The number of piperazine rings is 1. The second kappa shape index (κ2) is 8.71. The first-order valence-corrected chi connectivity index (χ1v) is 8.39. The molecule has 1 saturated heterocycles. The van der Waals surface area contributed by atoms with Crippen LogP contribution in [0.25, 0.3) is 0 Å². The summed E-state index contributed by atoms with van der Waals surface area (Å²) in [7, 11) is 0. The Bertz CT molecular complexity index is 315. The molecule has 0 saturated carbocycles. The minimum Gasteiger partial charge on any atom is -0.480 e. The van der Waals surface area contributed by atoms with Crippen LogP contribution in [0.4, 0.5) is 0 Å². The fourth-order valence-corrected chi connectivity index (χ4v) is 3.16. The number of carboxylic acid groups (broad SMARTS) is 1. The molecule has 1 fully saturated rings. The SMILES string of the molecule is CCN1CCN(CCCC(CC)(NC(C)C)C(=O)O)CC1. The van der Waals surface area contributed by atoms with E-state index in [0.29, 0.717) is 12.8 Å². The largest absolute Gasteiger partial charge is 0.480 e. The van der Waals surface area contributed by atoms with Gasteiger partial charge in [0.05, 0.1) is 0 Å². The Kier molecular flexibility index (Phi) is 7.63. The van der Waals surface area contributed by atoms with Gasteiger partial charge in [-0.1, -0.05) is 13.8 Å². The third kappa shape index (κ3) is 5.57. The first-order valence-electron chi connectivity index (χ1n) is 8.39. The predicted octanol–water partition coefficient (Wildman–Crippen LogP) is 1.64. The molecule has 0 bridgehead atoms. The zero-order valence-electron chi connectivity index (χ0n) is 14.2. The van der Waals surface area contributed by atoms with Crippen LogP contribution in [0.2, 0.25) is 0 Å². The van der Waals surface area contributed by atoms with Crippen LogP contribution in [-0.2, 0) is 4.79 Å². The molecule has 0 radical (unpaired) electrons. The van der Waals surface area contributed by atoms with Crippen molar-refractivity contribution in [1.29, 1.82) is 0 Å². The smallest absolute Gasteiger partial charge is 0.323 e. The number of hydrogen-bond acceptors (Lipinski definition) is 4. The van der Waals surface area contributed by atoms with Crippen LogP contribution < -0.4 is 5.32 Å². The summed E-state index contributed by atoms with van der Waals surface area (Å²) < 4.78 is 0. The van der Waals surface area contributed by atoms with Crippen LogP contribution >= 0.6 is 0 Å². The van der Waals surface area contributed by atoms with E-state index in [1.807, 2.05) is 20.8 Å². The van der Waals surface area contributed by atoms with Crippen molar-refractivity contribution in [2.24, 2.45) is 0 Å². The molecule has 2 N–H and O–H groups in total. The standard InChI is InChI=1S/C16H33N3O2/c1-5-16(15(20)21,17-14(3)4)8-7-9-19-12-10-18(6-2)11-13-19/h14,17H,5-13H2,1-4H3,(H,20,21). The number of nitrogens with zero attached hydrogens (tertiary/aromatic N) is 2. The van der Waals surface area contributed by atoms with Gasteiger partial charge in [-0.2, -0.15) is 0 Å². The van der Waals surface area contributed by atoms with Crippen molar-refractivity contribution >= 4 is 5.97 Å². The minimum atomic E-state index is -0.764. The highest BCUT2D eigenvalue weighted by molar-refractivity contribution is 5.78. The summed E-state index contributed by atoms with van der Waals surface area (Å²) in [5, 5.41) is 12.9. The zero-order chi connectivity index (χ0) is 15.9. The normalized spacial score (nSPS) is 20.6. The van der Waals surface area contributed by atoms with E-state index in [0.717, 1.165) is 45.7 Å². The van der Waals surface area contributed by atoms with E-state index >= 15 is 0 Å². The van der Waals surface area contributed by atoms with E-state index in [9.17, 15) is 9.90 Å². The monoisotopic (exact) mass is 299 g/mol. The van der Waals surface area contributed by atoms with Gasteiger partial charge in [0.1, 0.15) is 5.54 Å². The summed E-state index contributed by atoms with van der Waals surface area (Å²) in [6, 6.07) is 0.189. The number of rotatable bonds is 9. The van der Waals surface area contributed by atoms with Crippen molar-refractivity contribution in [3.8, 4) is 0 Å². The molecule has 1 unspecified atom stereocenters. The lowest BCUT2D eigenvalue weighted by Crippen LogP contribution is -2.54. The quantitative estimate of drug-likeness (QED) is 0.678. The summed E-state index contributed by atoms with van der Waals surface area (Å²) in [6.07, 6.45) is 2.26. The maximum absolute atomic E-state index is 11.7. The van der Waals surface area contributed by atoms with Gasteiger partial charge < -0.3 is 14.9 Å². The highest BCUT2D eigenvalue weighted by atomic mass is 16.4. The van der Waals surface area contributed by atoms with Crippen LogP contribution in [0, 0.1) is 0 Å². The molecule has 21 heavy (non-hydrogen) atoms. The zero-order valence-corrected chi connectivity index (χ0v) is 14.2. The van der Waals surface area contributed by atoms with Gasteiger partial charge >= 0.3 is 5.97 Å². The van der Waals surface area contributed by atoms with Gasteiger partial charge in [0.2, 0.25) is 0 Å². The van der Waals surface area contributed by atoms with Crippen LogP contribution in [0.3, 0.4) is 0 Å². The molecule has 0 aromatic heterocycles. The third-order valence-corrected chi connectivity index (χ3v) is 4.57. The number of hydrogen-bond donors (Lipinski definition) is 2. The van der Waals surface area contributed by atoms with Gasteiger partial charge in [0.25, 0.3) is 0 Å². The minimum absolute atomic E-state index is 0.189. The summed E-state index contributed by atoms with van der Waals surface area (Å²) in [5.41, 5.74) is -0.764. The fourth-order valence-electron chi connectivity index (χ4n) is 3.16. The molecule has 0 aromatic carbocycles. The van der Waals surface area contributed by atoms with E-state index < -0.39 is 11.5 Å². The lowest BCUT2D eigenvalue weighted by molar-refractivity contribution is -0.145. The van der Waals surface area contributed by atoms with Crippen molar-refractivity contribution in [2.75, 3.05) is 39.3 Å². The number of aliphatic carboxylic acids is 1. The summed E-state index contributed by atoms with van der Waals surface area (Å²) in [5.74, 6) is -0.713. The van der Waals surface area contributed by atoms with Gasteiger partial charge in [-0.05, 0) is 46.2 Å². The molecule has 1 aliphatic rings. The van der Waals surface area contributed by atoms with E-state index in [2.05, 4.69) is 22.0 Å². The Labute approximate surface area is 129 Å². The topological polar surface area (TPSA) is 55.8 Å². The lowest BCUT2D eigenvalue weighted by Gasteiger charge is -2.35. The van der Waals surface area contributed by atoms with Gasteiger partial charge in [0, 0.05) is 32.2 Å². The van der Waals surface area contributed by atoms with Crippen molar-refractivity contribution in [1.82, 2.24) is 15.1 Å². The number of nitrogens with one attached hydrogen (secondary N) is 1. The van der Waals surface area contributed by atoms with Gasteiger partial charge in [-0.25, -0.2) is 0 Å². The van der Waals surface area contributed by atoms with Crippen molar-refractivity contribution in [2.45, 2.75) is 58.5 Å². The third-order valence-electron chi connectivity index (χ3n) is 4.57. The first-order chi connectivity index (χ1) is 9.93. The first kappa shape index (κ1) is 18.4. The van der Waals surface area contributed by atoms with E-state index in [-0.39, 0.29) is 6.04 Å². The Balaban J connectivity index is 2.42. The van der Waals surface area contributed by atoms with Crippen LogP contribution in [0.1, 0.15) is 47.0 Å². The van der Waals surface area contributed by atoms with Crippen molar-refractivity contribution in [3.63, 3.8) is 0 Å². The Morgan fingerprint density at radius 3 is 2.19 bits per heavy atom. The molecule has 0 aromatic rings. The summed E-state index contributed by atoms with van der Waals surface area (Å²) >= 11 is 0.